The topological polar surface area (TPSA) is 32.6 Å². The molecule has 0 heterocycles. The molecule has 1 aromatic carbocycles. The zero-order valence-corrected chi connectivity index (χ0v) is 12.3. The summed E-state index contributed by atoms with van der Waals surface area (Å²) in [5.41, 5.74) is 2.35. The Morgan fingerprint density at radius 2 is 1.39 bits per heavy atom. The Morgan fingerprint density at radius 3 is 1.67 bits per heavy atom. The van der Waals surface area contributed by atoms with E-state index in [1.165, 1.54) is 0 Å². The first-order valence-corrected chi connectivity index (χ1v) is 6.18. The molecule has 0 spiro atoms. The van der Waals surface area contributed by atoms with Crippen LogP contribution in [0.5, 0.6) is 5.75 Å². The van der Waals surface area contributed by atoms with Crippen molar-refractivity contribution in [3.63, 3.8) is 0 Å². The van der Waals surface area contributed by atoms with Gasteiger partial charge < -0.3 is 5.11 Å². The molecule has 0 saturated carbocycles. The minimum absolute atomic E-state index is 0.128. The lowest BCUT2D eigenvalue weighted by atomic mass is 9.79. The van der Waals surface area contributed by atoms with E-state index in [1.807, 2.05) is 12.1 Å². The molecule has 1 rings (SSSR count). The maximum absolute atomic E-state index is 10.5. The van der Waals surface area contributed by atoms with Gasteiger partial charge in [0.15, 0.2) is 0 Å². The predicted octanol–water partition coefficient (Wildman–Crippen LogP) is 4.47. The van der Waals surface area contributed by atoms with E-state index < -0.39 is 0 Å². The molecule has 0 unspecified atom stereocenters. The number of benzene rings is 1. The molecule has 0 aliphatic heterocycles. The first kappa shape index (κ1) is 14.5. The van der Waals surface area contributed by atoms with E-state index in [2.05, 4.69) is 59.0 Å². The lowest BCUT2D eigenvalue weighted by molar-refractivity contribution is 0.423. The van der Waals surface area contributed by atoms with E-state index in [9.17, 15) is 5.11 Å². The molecular weight excluding hydrogens is 222 g/mol. The third-order valence-electron chi connectivity index (χ3n) is 2.92. The van der Waals surface area contributed by atoms with Crippen molar-refractivity contribution in [2.24, 2.45) is 4.99 Å². The van der Waals surface area contributed by atoms with Gasteiger partial charge in [-0.25, -0.2) is 4.99 Å². The van der Waals surface area contributed by atoms with Crippen molar-refractivity contribution in [3.8, 4) is 5.75 Å². The van der Waals surface area contributed by atoms with Crippen LogP contribution in [0.1, 0.15) is 52.7 Å². The highest BCUT2D eigenvalue weighted by Gasteiger charge is 2.26. The number of nitrogens with zero attached hydrogens (tertiary/aromatic N) is 1. The number of aromatic hydroxyl groups is 1. The van der Waals surface area contributed by atoms with E-state index in [0.717, 1.165) is 16.8 Å². The van der Waals surface area contributed by atoms with Gasteiger partial charge in [0.05, 0.1) is 5.69 Å². The number of hydrogen-bond donors (Lipinski definition) is 1. The van der Waals surface area contributed by atoms with Crippen molar-refractivity contribution >= 4 is 11.6 Å². The second kappa shape index (κ2) is 4.62. The number of aliphatic imine (C=N–C) groups is 1. The van der Waals surface area contributed by atoms with Gasteiger partial charge in [0.25, 0.3) is 0 Å². The molecular formula is C16H23NO. The van der Waals surface area contributed by atoms with Crippen molar-refractivity contribution in [1.29, 1.82) is 0 Å². The van der Waals surface area contributed by atoms with E-state index in [0.29, 0.717) is 5.75 Å². The molecule has 0 bridgehead atoms. The summed E-state index contributed by atoms with van der Waals surface area (Å²) in [7, 11) is 0. The van der Waals surface area contributed by atoms with Crippen molar-refractivity contribution in [1.82, 2.24) is 0 Å². The van der Waals surface area contributed by atoms with Crippen LogP contribution in [0.25, 0.3) is 0 Å². The molecule has 0 radical (unpaired) electrons. The predicted molar refractivity (Wildman–Crippen MR) is 78.2 cm³/mol. The summed E-state index contributed by atoms with van der Waals surface area (Å²) in [5.74, 6) is 2.93. The summed E-state index contributed by atoms with van der Waals surface area (Å²) in [6.45, 7) is 16.0. The Hall–Kier alpha value is -1.53. The van der Waals surface area contributed by atoms with Crippen LogP contribution >= 0.6 is 0 Å². The second-order valence-electron chi connectivity index (χ2n) is 6.66. The molecule has 0 saturated heterocycles. The van der Waals surface area contributed by atoms with Crippen molar-refractivity contribution in [3.05, 3.63) is 29.8 Å². The van der Waals surface area contributed by atoms with Gasteiger partial charge in [0.2, 0.25) is 0 Å². The van der Waals surface area contributed by atoms with Gasteiger partial charge in [-0.2, -0.15) is 0 Å². The molecule has 2 nitrogen and oxygen atoms in total. The van der Waals surface area contributed by atoms with Crippen LogP contribution < -0.4 is 0 Å². The monoisotopic (exact) mass is 245 g/mol. The molecule has 0 atom stereocenters. The van der Waals surface area contributed by atoms with Crippen LogP contribution in [-0.4, -0.2) is 11.0 Å². The first-order chi connectivity index (χ1) is 8.07. The molecule has 0 fully saturated rings. The standard InChI is InChI=1S/C16H23NO/c1-8-17-11-9-12(15(2,3)4)14(18)13(10-11)16(5,6)7/h9-10,18H,1H2,2-7H3. The maximum Gasteiger partial charge on any atom is 0.123 e. The lowest BCUT2D eigenvalue weighted by Gasteiger charge is -2.27. The Kier molecular flexibility index (Phi) is 3.73. The Labute approximate surface area is 110 Å². The van der Waals surface area contributed by atoms with E-state index >= 15 is 0 Å². The second-order valence-corrected chi connectivity index (χ2v) is 6.66. The number of phenols is 1. The Balaban J connectivity index is 3.64. The van der Waals surface area contributed by atoms with Gasteiger partial charge in [-0.1, -0.05) is 41.5 Å². The summed E-state index contributed by atoms with van der Waals surface area (Å²) in [4.78, 5) is 4.12. The molecule has 0 aliphatic carbocycles. The van der Waals surface area contributed by atoms with Crippen LogP contribution in [-0.2, 0) is 10.8 Å². The van der Waals surface area contributed by atoms with Crippen LogP contribution in [0.15, 0.2) is 23.7 Å². The van der Waals surface area contributed by atoms with Gasteiger partial charge in [0.1, 0.15) is 5.75 Å². The van der Waals surface area contributed by atoms with E-state index in [-0.39, 0.29) is 10.8 Å². The van der Waals surface area contributed by atoms with Crippen LogP contribution in [0.2, 0.25) is 0 Å². The lowest BCUT2D eigenvalue weighted by Crippen LogP contribution is -2.16. The SMILES string of the molecule is C=C=Nc1cc(C(C)(C)C)c(O)c(C(C)(C)C)c1. The molecule has 0 aromatic heterocycles. The zero-order chi connectivity index (χ0) is 14.1. The largest absolute Gasteiger partial charge is 0.507 e. The highest BCUT2D eigenvalue weighted by atomic mass is 16.3. The third kappa shape index (κ3) is 3.02. The van der Waals surface area contributed by atoms with Crippen LogP contribution in [0.3, 0.4) is 0 Å². The van der Waals surface area contributed by atoms with E-state index in [4.69, 9.17) is 0 Å². The first-order valence-electron chi connectivity index (χ1n) is 6.18. The fraction of sp³-hybridized carbons (Fsp3) is 0.500. The van der Waals surface area contributed by atoms with E-state index in [1.54, 1.807) is 0 Å². The smallest absolute Gasteiger partial charge is 0.123 e. The summed E-state index contributed by atoms with van der Waals surface area (Å²) in [5, 5.41) is 10.5. The molecule has 1 aromatic rings. The highest BCUT2D eigenvalue weighted by Crippen LogP contribution is 2.41. The summed E-state index contributed by atoms with van der Waals surface area (Å²) < 4.78 is 0. The Bertz CT molecular complexity index is 460. The van der Waals surface area contributed by atoms with Crippen molar-refractivity contribution in [2.75, 3.05) is 0 Å². The minimum Gasteiger partial charge on any atom is -0.507 e. The normalized spacial score (nSPS) is 12.1. The molecule has 98 valence electrons. The number of phenolic OH excluding ortho intramolecular Hbond substituents is 1. The fourth-order valence-corrected chi connectivity index (χ4v) is 1.92. The number of hydrogen-bond acceptors (Lipinski definition) is 2. The zero-order valence-electron chi connectivity index (χ0n) is 12.3. The minimum atomic E-state index is -0.128. The average Bonchev–Trinajstić information content (AvgIpc) is 2.17. The fourth-order valence-electron chi connectivity index (χ4n) is 1.92. The van der Waals surface area contributed by atoms with Crippen LogP contribution in [0, 0.1) is 0 Å². The maximum atomic E-state index is 10.5. The molecule has 0 amide bonds. The molecule has 2 heteroatoms. The average molecular weight is 245 g/mol. The summed E-state index contributed by atoms with van der Waals surface area (Å²) >= 11 is 0. The van der Waals surface area contributed by atoms with Crippen molar-refractivity contribution < 1.29 is 5.11 Å². The summed E-state index contributed by atoms with van der Waals surface area (Å²) in [6.07, 6.45) is 0. The Morgan fingerprint density at radius 1 is 1.00 bits per heavy atom. The summed E-state index contributed by atoms with van der Waals surface area (Å²) in [6, 6.07) is 3.81. The van der Waals surface area contributed by atoms with Gasteiger partial charge in [-0.3, -0.25) is 0 Å². The molecule has 18 heavy (non-hydrogen) atoms. The molecule has 0 aliphatic rings. The van der Waals surface area contributed by atoms with Gasteiger partial charge in [-0.15, -0.1) is 0 Å². The highest BCUT2D eigenvalue weighted by molar-refractivity contribution is 5.61. The van der Waals surface area contributed by atoms with Crippen molar-refractivity contribution in [2.45, 2.75) is 52.4 Å². The van der Waals surface area contributed by atoms with Gasteiger partial charge in [0, 0.05) is 11.1 Å². The van der Waals surface area contributed by atoms with Gasteiger partial charge in [-0.05, 0) is 35.4 Å². The third-order valence-corrected chi connectivity index (χ3v) is 2.92. The van der Waals surface area contributed by atoms with Crippen LogP contribution in [0.4, 0.5) is 5.69 Å². The van der Waals surface area contributed by atoms with Gasteiger partial charge >= 0.3 is 0 Å². The molecule has 1 N–H and O–H groups in total. The quantitative estimate of drug-likeness (QED) is 0.727. The number of rotatable bonds is 1.